The zero-order valence-electron chi connectivity index (χ0n) is 10.8. The first kappa shape index (κ1) is 14.6. The molecule has 1 aliphatic carbocycles. The number of hydrogen-bond donors (Lipinski definition) is 1. The summed E-state index contributed by atoms with van der Waals surface area (Å²) in [5.74, 6) is -0.376. The van der Waals surface area contributed by atoms with Gasteiger partial charge in [0.25, 0.3) is 0 Å². The van der Waals surface area contributed by atoms with E-state index in [1.54, 1.807) is 30.1 Å². The maximum atomic E-state index is 12.4. The van der Waals surface area contributed by atoms with Crippen LogP contribution in [0.15, 0.2) is 18.2 Å². The molecule has 0 saturated heterocycles. The Morgan fingerprint density at radius 1 is 1.26 bits per heavy atom. The standard InChI is InChI=1S/C14H17Cl2NO2/c1-17(9-6-7-11(15)12(16)8-9)14(19)10-4-2-3-5-13(10)18/h6-8,10,13,18H,2-5H2,1H3/t10-,13+/m1/s1. The maximum absolute atomic E-state index is 12.4. The molecule has 5 heteroatoms. The van der Waals surface area contributed by atoms with Gasteiger partial charge >= 0.3 is 0 Å². The smallest absolute Gasteiger partial charge is 0.232 e. The van der Waals surface area contributed by atoms with E-state index in [9.17, 15) is 9.90 Å². The van der Waals surface area contributed by atoms with Crippen molar-refractivity contribution in [3.8, 4) is 0 Å². The number of carbonyl (C=O) groups is 1. The van der Waals surface area contributed by atoms with Crippen molar-refractivity contribution >= 4 is 34.8 Å². The summed E-state index contributed by atoms with van der Waals surface area (Å²) in [6.07, 6.45) is 2.88. The van der Waals surface area contributed by atoms with Gasteiger partial charge < -0.3 is 10.0 Å². The van der Waals surface area contributed by atoms with Gasteiger partial charge in [-0.3, -0.25) is 4.79 Å². The van der Waals surface area contributed by atoms with Crippen LogP contribution < -0.4 is 4.90 Å². The summed E-state index contributed by atoms with van der Waals surface area (Å²) in [7, 11) is 1.70. The number of nitrogens with zero attached hydrogens (tertiary/aromatic N) is 1. The number of halogens is 2. The van der Waals surface area contributed by atoms with Gasteiger partial charge in [-0.15, -0.1) is 0 Å². The molecular formula is C14H17Cl2NO2. The third-order valence-corrected chi connectivity index (χ3v) is 4.41. The van der Waals surface area contributed by atoms with E-state index in [-0.39, 0.29) is 11.8 Å². The molecule has 0 bridgehead atoms. The minimum absolute atomic E-state index is 0.0643. The van der Waals surface area contributed by atoms with Gasteiger partial charge in [-0.1, -0.05) is 36.0 Å². The van der Waals surface area contributed by atoms with Crippen molar-refractivity contribution in [2.75, 3.05) is 11.9 Å². The summed E-state index contributed by atoms with van der Waals surface area (Å²) >= 11 is 11.8. The fourth-order valence-corrected chi connectivity index (χ4v) is 2.76. The van der Waals surface area contributed by atoms with E-state index in [0.717, 1.165) is 19.3 Å². The number of anilines is 1. The Bertz CT molecular complexity index is 479. The summed E-state index contributed by atoms with van der Waals surface area (Å²) in [5.41, 5.74) is 0.692. The van der Waals surface area contributed by atoms with Crippen molar-refractivity contribution in [3.63, 3.8) is 0 Å². The van der Waals surface area contributed by atoms with Crippen molar-refractivity contribution in [2.45, 2.75) is 31.8 Å². The molecule has 1 aliphatic rings. The van der Waals surface area contributed by atoms with Crippen LogP contribution >= 0.6 is 23.2 Å². The summed E-state index contributed by atoms with van der Waals surface area (Å²) in [5, 5.41) is 10.8. The quantitative estimate of drug-likeness (QED) is 0.908. The van der Waals surface area contributed by atoms with Gasteiger partial charge in [0, 0.05) is 12.7 Å². The van der Waals surface area contributed by atoms with Crippen LogP contribution in [0.5, 0.6) is 0 Å². The molecule has 3 nitrogen and oxygen atoms in total. The molecule has 1 N–H and O–H groups in total. The molecule has 104 valence electrons. The van der Waals surface area contributed by atoms with E-state index in [0.29, 0.717) is 22.2 Å². The van der Waals surface area contributed by atoms with Gasteiger partial charge in [-0.05, 0) is 31.0 Å². The molecule has 0 unspecified atom stereocenters. The average Bonchev–Trinajstić information content (AvgIpc) is 2.41. The number of carbonyl (C=O) groups excluding carboxylic acids is 1. The summed E-state index contributed by atoms with van der Waals surface area (Å²) in [4.78, 5) is 13.9. The van der Waals surface area contributed by atoms with Gasteiger partial charge in [0.15, 0.2) is 0 Å². The topological polar surface area (TPSA) is 40.5 Å². The average molecular weight is 302 g/mol. The molecule has 1 aromatic carbocycles. The molecule has 1 aromatic rings. The number of aliphatic hydroxyl groups excluding tert-OH is 1. The molecule has 19 heavy (non-hydrogen) atoms. The van der Waals surface area contributed by atoms with Crippen molar-refractivity contribution in [1.82, 2.24) is 0 Å². The highest BCUT2D eigenvalue weighted by atomic mass is 35.5. The monoisotopic (exact) mass is 301 g/mol. The van der Waals surface area contributed by atoms with Crippen LogP contribution in [0.3, 0.4) is 0 Å². The van der Waals surface area contributed by atoms with Crippen molar-refractivity contribution in [3.05, 3.63) is 28.2 Å². The first-order chi connectivity index (χ1) is 9.00. The van der Waals surface area contributed by atoms with Crippen LogP contribution in [0.1, 0.15) is 25.7 Å². The first-order valence-electron chi connectivity index (χ1n) is 6.41. The van der Waals surface area contributed by atoms with E-state index in [4.69, 9.17) is 23.2 Å². The molecule has 0 spiro atoms. The molecule has 2 atom stereocenters. The highest BCUT2D eigenvalue weighted by molar-refractivity contribution is 6.42. The normalized spacial score (nSPS) is 23.2. The molecule has 2 rings (SSSR count). The molecule has 1 saturated carbocycles. The zero-order valence-corrected chi connectivity index (χ0v) is 12.3. The lowest BCUT2D eigenvalue weighted by molar-refractivity contribution is -0.127. The number of aliphatic hydroxyl groups is 1. The molecule has 1 amide bonds. The largest absolute Gasteiger partial charge is 0.392 e. The van der Waals surface area contributed by atoms with E-state index >= 15 is 0 Å². The number of benzene rings is 1. The Morgan fingerprint density at radius 3 is 2.58 bits per heavy atom. The summed E-state index contributed by atoms with van der Waals surface area (Å²) in [6, 6.07) is 5.08. The zero-order chi connectivity index (χ0) is 14.0. The third-order valence-electron chi connectivity index (χ3n) is 3.67. The van der Waals surface area contributed by atoms with Crippen LogP contribution in [0.25, 0.3) is 0 Å². The fraction of sp³-hybridized carbons (Fsp3) is 0.500. The van der Waals surface area contributed by atoms with Gasteiger partial charge in [0.05, 0.1) is 22.1 Å². The molecule has 0 aliphatic heterocycles. The Kier molecular flexibility index (Phi) is 4.71. The van der Waals surface area contributed by atoms with E-state index in [2.05, 4.69) is 0 Å². The third kappa shape index (κ3) is 3.22. The Balaban J connectivity index is 2.15. The maximum Gasteiger partial charge on any atom is 0.232 e. The summed E-state index contributed by atoms with van der Waals surface area (Å²) in [6.45, 7) is 0. The lowest BCUT2D eigenvalue weighted by atomic mass is 9.85. The van der Waals surface area contributed by atoms with Crippen molar-refractivity contribution < 1.29 is 9.90 Å². The van der Waals surface area contributed by atoms with Gasteiger partial charge in [-0.2, -0.15) is 0 Å². The number of rotatable bonds is 2. The van der Waals surface area contributed by atoms with Crippen molar-refractivity contribution in [2.24, 2.45) is 5.92 Å². The van der Waals surface area contributed by atoms with Crippen LogP contribution in [-0.4, -0.2) is 24.2 Å². The number of amides is 1. The van der Waals surface area contributed by atoms with Crippen molar-refractivity contribution in [1.29, 1.82) is 0 Å². The molecule has 0 aromatic heterocycles. The van der Waals surface area contributed by atoms with Gasteiger partial charge in [0.2, 0.25) is 5.91 Å². The van der Waals surface area contributed by atoms with E-state index in [1.165, 1.54) is 0 Å². The molecular weight excluding hydrogens is 285 g/mol. The highest BCUT2D eigenvalue weighted by Crippen LogP contribution is 2.30. The SMILES string of the molecule is CN(C(=O)[C@@H]1CCCC[C@@H]1O)c1ccc(Cl)c(Cl)c1. The second kappa shape index (κ2) is 6.12. The van der Waals surface area contributed by atoms with Crippen LogP contribution in [0.4, 0.5) is 5.69 Å². The minimum atomic E-state index is -0.536. The lowest BCUT2D eigenvalue weighted by Crippen LogP contribution is -2.40. The lowest BCUT2D eigenvalue weighted by Gasteiger charge is -2.30. The number of hydrogen-bond acceptors (Lipinski definition) is 2. The summed E-state index contributed by atoms with van der Waals surface area (Å²) < 4.78 is 0. The molecule has 1 fully saturated rings. The fourth-order valence-electron chi connectivity index (χ4n) is 2.47. The predicted molar refractivity (Wildman–Crippen MR) is 77.8 cm³/mol. The first-order valence-corrected chi connectivity index (χ1v) is 7.17. The Labute approximate surface area is 123 Å². The van der Waals surface area contributed by atoms with Crippen LogP contribution in [0.2, 0.25) is 10.0 Å². The Hall–Kier alpha value is -0.770. The van der Waals surface area contributed by atoms with E-state index in [1.807, 2.05) is 0 Å². The second-order valence-corrected chi connectivity index (χ2v) is 5.77. The second-order valence-electron chi connectivity index (χ2n) is 4.95. The van der Waals surface area contributed by atoms with Crippen LogP contribution in [-0.2, 0) is 4.79 Å². The molecule has 0 radical (unpaired) electrons. The predicted octanol–water partition coefficient (Wildman–Crippen LogP) is 3.51. The highest BCUT2D eigenvalue weighted by Gasteiger charge is 2.31. The Morgan fingerprint density at radius 2 is 1.95 bits per heavy atom. The van der Waals surface area contributed by atoms with Gasteiger partial charge in [-0.25, -0.2) is 0 Å². The van der Waals surface area contributed by atoms with E-state index < -0.39 is 6.10 Å². The minimum Gasteiger partial charge on any atom is -0.392 e. The molecule has 0 heterocycles. The van der Waals surface area contributed by atoms with Crippen LogP contribution in [0, 0.1) is 5.92 Å². The van der Waals surface area contributed by atoms with Gasteiger partial charge in [0.1, 0.15) is 0 Å².